The van der Waals surface area contributed by atoms with Gasteiger partial charge in [-0.3, -0.25) is 4.79 Å². The molecule has 2 aromatic rings. The first-order valence-corrected chi connectivity index (χ1v) is 10.4. The number of benzene rings is 2. The van der Waals surface area contributed by atoms with Crippen molar-refractivity contribution in [2.45, 2.75) is 39.3 Å². The van der Waals surface area contributed by atoms with E-state index in [1.165, 1.54) is 0 Å². The van der Waals surface area contributed by atoms with Crippen LogP contribution in [-0.4, -0.2) is 31.4 Å². The Morgan fingerprint density at radius 2 is 1.74 bits per heavy atom. The maximum atomic E-state index is 12.2. The van der Waals surface area contributed by atoms with Gasteiger partial charge in [-0.2, -0.15) is 0 Å². The number of hydrogen-bond donors (Lipinski definition) is 2. The van der Waals surface area contributed by atoms with Crippen LogP contribution in [0.15, 0.2) is 48.5 Å². The highest BCUT2D eigenvalue weighted by atomic mass is 32.2. The zero-order valence-electron chi connectivity index (χ0n) is 15.5. The van der Waals surface area contributed by atoms with E-state index in [-0.39, 0.29) is 24.8 Å². The number of hydrogen-bond acceptors (Lipinski definition) is 4. The van der Waals surface area contributed by atoms with Crippen LogP contribution in [0, 0.1) is 0 Å². The number of aliphatic carboxylic acids is 1. The molecule has 0 aliphatic heterocycles. The normalized spacial score (nSPS) is 11.5. The Balaban J connectivity index is 1.87. The number of aryl methyl sites for hydroxylation is 1. The molecule has 7 heteroatoms. The Labute approximate surface area is 160 Å². The molecule has 2 rings (SSSR count). The summed E-state index contributed by atoms with van der Waals surface area (Å²) in [6.07, 6.45) is 0.405. The number of carboxylic acid groups (broad SMARTS) is 1. The predicted molar refractivity (Wildman–Crippen MR) is 104 cm³/mol. The molecule has 27 heavy (non-hydrogen) atoms. The Hall–Kier alpha value is -2.38. The smallest absolute Gasteiger partial charge is 0.307 e. The summed E-state index contributed by atoms with van der Waals surface area (Å²) in [5.41, 5.74) is 2.29. The van der Waals surface area contributed by atoms with Crippen molar-refractivity contribution in [1.29, 1.82) is 0 Å². The lowest BCUT2D eigenvalue weighted by Gasteiger charge is -2.10. The summed E-state index contributed by atoms with van der Waals surface area (Å²) in [5.74, 6) is -0.180. The van der Waals surface area contributed by atoms with Crippen molar-refractivity contribution in [1.82, 2.24) is 4.72 Å². The number of carboxylic acids is 1. The standard InChI is InChI=1S/C20H25NO5S/c1-15(2)26-19-8-6-16(7-9-19)10-11-27(24,25)21-14-18-5-3-4-17(12-18)13-20(22)23/h3-9,12,15,21H,10-11,13-14H2,1-2H3,(H,22,23). The number of nitrogens with one attached hydrogen (secondary N) is 1. The van der Waals surface area contributed by atoms with Gasteiger partial charge in [-0.15, -0.1) is 0 Å². The molecule has 0 aliphatic carbocycles. The van der Waals surface area contributed by atoms with Crippen molar-refractivity contribution in [3.8, 4) is 5.75 Å². The quantitative estimate of drug-likeness (QED) is 0.650. The van der Waals surface area contributed by atoms with Crippen molar-refractivity contribution in [3.63, 3.8) is 0 Å². The van der Waals surface area contributed by atoms with E-state index in [2.05, 4.69) is 4.72 Å². The van der Waals surface area contributed by atoms with Crippen molar-refractivity contribution < 1.29 is 23.1 Å². The molecule has 2 aromatic carbocycles. The minimum Gasteiger partial charge on any atom is -0.491 e. The zero-order valence-corrected chi connectivity index (χ0v) is 16.3. The van der Waals surface area contributed by atoms with Gasteiger partial charge >= 0.3 is 5.97 Å². The second-order valence-electron chi connectivity index (χ2n) is 6.59. The summed E-state index contributed by atoms with van der Waals surface area (Å²) in [6, 6.07) is 14.3. The van der Waals surface area contributed by atoms with E-state index in [0.29, 0.717) is 12.0 Å². The van der Waals surface area contributed by atoms with E-state index in [9.17, 15) is 13.2 Å². The van der Waals surface area contributed by atoms with Crippen LogP contribution < -0.4 is 9.46 Å². The van der Waals surface area contributed by atoms with Crippen molar-refractivity contribution in [2.75, 3.05) is 5.75 Å². The van der Waals surface area contributed by atoms with Gasteiger partial charge in [0.1, 0.15) is 5.75 Å². The SMILES string of the molecule is CC(C)Oc1ccc(CCS(=O)(=O)NCc2cccc(CC(=O)O)c2)cc1. The average Bonchev–Trinajstić information content (AvgIpc) is 2.59. The number of carbonyl (C=O) groups is 1. The van der Waals surface area contributed by atoms with Crippen molar-refractivity contribution in [2.24, 2.45) is 0 Å². The molecular weight excluding hydrogens is 366 g/mol. The summed E-state index contributed by atoms with van der Waals surface area (Å²) in [5, 5.41) is 8.84. The summed E-state index contributed by atoms with van der Waals surface area (Å²) in [4.78, 5) is 10.8. The molecule has 6 nitrogen and oxygen atoms in total. The van der Waals surface area contributed by atoms with Crippen molar-refractivity contribution in [3.05, 3.63) is 65.2 Å². The second-order valence-corrected chi connectivity index (χ2v) is 8.52. The molecule has 0 saturated carbocycles. The molecule has 0 bridgehead atoms. The first kappa shape index (κ1) is 20.9. The lowest BCUT2D eigenvalue weighted by Crippen LogP contribution is -2.27. The van der Waals surface area contributed by atoms with Crippen LogP contribution in [0.1, 0.15) is 30.5 Å². The fourth-order valence-electron chi connectivity index (χ4n) is 2.55. The number of sulfonamides is 1. The molecule has 2 N–H and O–H groups in total. The van der Waals surface area contributed by atoms with Gasteiger partial charge in [0, 0.05) is 6.54 Å². The Bertz CT molecular complexity index is 860. The van der Waals surface area contributed by atoms with E-state index in [1.807, 2.05) is 38.1 Å². The Kier molecular flexibility index (Phi) is 7.38. The first-order chi connectivity index (χ1) is 12.7. The zero-order chi connectivity index (χ0) is 19.9. The van der Waals surface area contributed by atoms with Crippen LogP contribution >= 0.6 is 0 Å². The minimum atomic E-state index is -3.44. The molecular formula is C20H25NO5S. The van der Waals surface area contributed by atoms with Gasteiger partial charge in [0.15, 0.2) is 0 Å². The molecule has 0 aliphatic rings. The molecule has 0 fully saturated rings. The second kappa shape index (κ2) is 9.53. The predicted octanol–water partition coefficient (Wildman–Crippen LogP) is 2.76. The molecule has 0 amide bonds. The summed E-state index contributed by atoms with van der Waals surface area (Å²) >= 11 is 0. The summed E-state index contributed by atoms with van der Waals surface area (Å²) < 4.78 is 32.6. The third-order valence-electron chi connectivity index (χ3n) is 3.80. The van der Waals surface area contributed by atoms with Gasteiger partial charge in [0.25, 0.3) is 0 Å². The lowest BCUT2D eigenvalue weighted by molar-refractivity contribution is -0.136. The highest BCUT2D eigenvalue weighted by Gasteiger charge is 2.11. The molecule has 0 saturated heterocycles. The third-order valence-corrected chi connectivity index (χ3v) is 5.12. The fraction of sp³-hybridized carbons (Fsp3) is 0.350. The van der Waals surface area contributed by atoms with E-state index in [0.717, 1.165) is 16.9 Å². The molecule has 0 spiro atoms. The largest absolute Gasteiger partial charge is 0.491 e. The molecule has 0 unspecified atom stereocenters. The highest BCUT2D eigenvalue weighted by Crippen LogP contribution is 2.14. The van der Waals surface area contributed by atoms with Crippen LogP contribution in [0.3, 0.4) is 0 Å². The lowest BCUT2D eigenvalue weighted by atomic mass is 10.1. The van der Waals surface area contributed by atoms with Gasteiger partial charge in [-0.1, -0.05) is 36.4 Å². The fourth-order valence-corrected chi connectivity index (χ4v) is 3.58. The van der Waals surface area contributed by atoms with Crippen LogP contribution in [0.2, 0.25) is 0 Å². The van der Waals surface area contributed by atoms with Gasteiger partial charge < -0.3 is 9.84 Å². The topological polar surface area (TPSA) is 92.7 Å². The number of ether oxygens (including phenoxy) is 1. The summed E-state index contributed by atoms with van der Waals surface area (Å²) in [6.45, 7) is 4.03. The van der Waals surface area contributed by atoms with Crippen LogP contribution in [-0.2, 0) is 34.2 Å². The van der Waals surface area contributed by atoms with Gasteiger partial charge in [0.05, 0.1) is 18.3 Å². The summed E-state index contributed by atoms with van der Waals surface area (Å²) in [7, 11) is -3.44. The highest BCUT2D eigenvalue weighted by molar-refractivity contribution is 7.89. The Morgan fingerprint density at radius 3 is 2.37 bits per heavy atom. The maximum Gasteiger partial charge on any atom is 0.307 e. The molecule has 0 aromatic heterocycles. The van der Waals surface area contributed by atoms with Crippen molar-refractivity contribution >= 4 is 16.0 Å². The van der Waals surface area contributed by atoms with E-state index in [4.69, 9.17) is 9.84 Å². The minimum absolute atomic E-state index is 0.0216. The van der Waals surface area contributed by atoms with Crippen LogP contribution in [0.25, 0.3) is 0 Å². The third kappa shape index (κ3) is 7.80. The van der Waals surface area contributed by atoms with Gasteiger partial charge in [-0.05, 0) is 49.1 Å². The average molecular weight is 391 g/mol. The number of rotatable bonds is 10. The van der Waals surface area contributed by atoms with Crippen LogP contribution in [0.5, 0.6) is 5.75 Å². The molecule has 0 heterocycles. The van der Waals surface area contributed by atoms with E-state index in [1.54, 1.807) is 24.3 Å². The maximum absolute atomic E-state index is 12.2. The first-order valence-electron chi connectivity index (χ1n) is 8.76. The van der Waals surface area contributed by atoms with Gasteiger partial charge in [0.2, 0.25) is 10.0 Å². The molecule has 0 atom stereocenters. The van der Waals surface area contributed by atoms with E-state index >= 15 is 0 Å². The van der Waals surface area contributed by atoms with Gasteiger partial charge in [-0.25, -0.2) is 13.1 Å². The Morgan fingerprint density at radius 1 is 1.07 bits per heavy atom. The van der Waals surface area contributed by atoms with Crippen LogP contribution in [0.4, 0.5) is 0 Å². The monoisotopic (exact) mass is 391 g/mol. The van der Waals surface area contributed by atoms with E-state index < -0.39 is 16.0 Å². The molecule has 146 valence electrons. The molecule has 0 radical (unpaired) electrons.